The van der Waals surface area contributed by atoms with Gasteiger partial charge in [-0.25, -0.2) is 14.6 Å². The van der Waals surface area contributed by atoms with Gasteiger partial charge in [0.25, 0.3) is 0 Å². The van der Waals surface area contributed by atoms with Crippen molar-refractivity contribution >= 4 is 0 Å². The van der Waals surface area contributed by atoms with Gasteiger partial charge in [0.05, 0.1) is 25.5 Å². The Morgan fingerprint density at radius 3 is 2.57 bits per heavy atom. The third-order valence-corrected chi connectivity index (χ3v) is 3.05. The molecule has 0 bridgehead atoms. The molecule has 0 aliphatic heterocycles. The van der Waals surface area contributed by atoms with Gasteiger partial charge in [-0.1, -0.05) is 5.21 Å². The van der Waals surface area contributed by atoms with Crippen LogP contribution in [0.1, 0.15) is 0 Å². The maximum absolute atomic E-state index is 9.40. The molecule has 0 saturated heterocycles. The second-order valence-electron chi connectivity index (χ2n) is 4.82. The lowest BCUT2D eigenvalue weighted by molar-refractivity contribution is 0.0778. The van der Waals surface area contributed by atoms with Gasteiger partial charge in [0.2, 0.25) is 0 Å². The monoisotopic (exact) mass is 313 g/mol. The van der Waals surface area contributed by atoms with Gasteiger partial charge in [-0.3, -0.25) is 0 Å². The Kier molecular flexibility index (Phi) is 4.55. The highest BCUT2D eigenvalue weighted by molar-refractivity contribution is 5.58. The highest BCUT2D eigenvalue weighted by Gasteiger charge is 2.08. The zero-order valence-electron chi connectivity index (χ0n) is 12.1. The summed E-state index contributed by atoms with van der Waals surface area (Å²) in [5.74, 6) is 0.614. The second kappa shape index (κ2) is 6.95. The molecule has 1 atom stereocenters. The van der Waals surface area contributed by atoms with E-state index in [0.29, 0.717) is 11.4 Å². The first-order chi connectivity index (χ1) is 11.2. The molecule has 1 aromatic carbocycles. The van der Waals surface area contributed by atoms with E-state index in [9.17, 15) is 5.11 Å². The number of aromatic nitrogens is 5. The molecule has 2 heterocycles. The van der Waals surface area contributed by atoms with Crippen molar-refractivity contribution in [3.05, 3.63) is 48.9 Å². The fourth-order valence-corrected chi connectivity index (χ4v) is 1.93. The van der Waals surface area contributed by atoms with Gasteiger partial charge < -0.3 is 14.9 Å². The van der Waals surface area contributed by atoms with Crippen molar-refractivity contribution in [2.45, 2.75) is 12.6 Å². The third-order valence-electron chi connectivity index (χ3n) is 3.05. The van der Waals surface area contributed by atoms with Crippen LogP contribution >= 0.6 is 0 Å². The van der Waals surface area contributed by atoms with Crippen LogP contribution in [0.2, 0.25) is 0 Å². The fraction of sp³-hybridized carbons (Fsp3) is 0.200. The number of ether oxygens (including phenoxy) is 1. The molecule has 2 N–H and O–H groups in total. The Balaban J connectivity index is 1.70. The molecule has 2 aromatic heterocycles. The van der Waals surface area contributed by atoms with Crippen LogP contribution in [0.3, 0.4) is 0 Å². The van der Waals surface area contributed by atoms with E-state index in [-0.39, 0.29) is 19.2 Å². The van der Waals surface area contributed by atoms with Crippen LogP contribution < -0.4 is 4.74 Å². The molecule has 118 valence electrons. The van der Waals surface area contributed by atoms with Gasteiger partial charge in [-0.05, 0) is 30.3 Å². The normalized spacial score (nSPS) is 12.1. The van der Waals surface area contributed by atoms with Gasteiger partial charge in [0.1, 0.15) is 11.4 Å². The number of hydrogen-bond acceptors (Lipinski definition) is 7. The molecule has 8 heteroatoms. The molecule has 0 saturated carbocycles. The van der Waals surface area contributed by atoms with Crippen molar-refractivity contribution in [1.82, 2.24) is 25.0 Å². The van der Waals surface area contributed by atoms with Gasteiger partial charge in [-0.15, -0.1) is 5.10 Å². The SMILES string of the molecule is OC[C@@H](O)Cn1cc(-c2ccc(Oc3ncccn3)cc2)nn1. The van der Waals surface area contributed by atoms with Crippen LogP contribution in [0.5, 0.6) is 11.8 Å². The molecule has 0 aliphatic rings. The molecule has 0 spiro atoms. The molecular weight excluding hydrogens is 298 g/mol. The quantitative estimate of drug-likeness (QED) is 0.695. The number of aliphatic hydroxyl groups is 2. The van der Waals surface area contributed by atoms with Gasteiger partial charge in [-0.2, -0.15) is 0 Å². The summed E-state index contributed by atoms with van der Waals surface area (Å²) in [6.07, 6.45) is 4.06. The lowest BCUT2D eigenvalue weighted by atomic mass is 10.2. The Bertz CT molecular complexity index is 745. The summed E-state index contributed by atoms with van der Waals surface area (Å²) >= 11 is 0. The Hall–Kier alpha value is -2.84. The van der Waals surface area contributed by atoms with Crippen LogP contribution in [0, 0.1) is 0 Å². The summed E-state index contributed by atoms with van der Waals surface area (Å²) in [6.45, 7) is -0.126. The Morgan fingerprint density at radius 2 is 1.87 bits per heavy atom. The van der Waals surface area contributed by atoms with Crippen LogP contribution in [0.25, 0.3) is 11.3 Å². The van der Waals surface area contributed by atoms with E-state index in [4.69, 9.17) is 9.84 Å². The average Bonchev–Trinajstić information content (AvgIpc) is 3.05. The molecule has 0 unspecified atom stereocenters. The fourth-order valence-electron chi connectivity index (χ4n) is 1.93. The maximum atomic E-state index is 9.40. The van der Waals surface area contributed by atoms with Crippen molar-refractivity contribution in [1.29, 1.82) is 0 Å². The van der Waals surface area contributed by atoms with E-state index in [0.717, 1.165) is 5.56 Å². The minimum atomic E-state index is -0.855. The molecule has 0 aliphatic carbocycles. The highest BCUT2D eigenvalue weighted by atomic mass is 16.5. The summed E-state index contributed by atoms with van der Waals surface area (Å²) in [5.41, 5.74) is 1.52. The predicted octanol–water partition coefficient (Wildman–Crippen LogP) is 0.881. The first-order valence-corrected chi connectivity index (χ1v) is 6.99. The third kappa shape index (κ3) is 3.87. The molecular formula is C15H15N5O3. The standard InChI is InChI=1S/C15H15N5O3/c21-10-12(22)8-20-9-14(18-19-20)11-2-4-13(5-3-11)23-15-16-6-1-7-17-15/h1-7,9,12,21-22H,8,10H2/t12-/m0/s1. The minimum Gasteiger partial charge on any atom is -0.424 e. The smallest absolute Gasteiger partial charge is 0.321 e. The number of benzene rings is 1. The van der Waals surface area contributed by atoms with E-state index in [1.807, 2.05) is 12.1 Å². The maximum Gasteiger partial charge on any atom is 0.321 e. The lowest BCUT2D eigenvalue weighted by Crippen LogP contribution is -2.20. The van der Waals surface area contributed by atoms with Crippen LogP contribution in [-0.4, -0.2) is 47.9 Å². The van der Waals surface area contributed by atoms with Crippen molar-refractivity contribution in [3.63, 3.8) is 0 Å². The van der Waals surface area contributed by atoms with E-state index >= 15 is 0 Å². The number of hydrogen-bond donors (Lipinski definition) is 2. The summed E-state index contributed by atoms with van der Waals surface area (Å²) in [5, 5.41) is 26.2. The van der Waals surface area contributed by atoms with Gasteiger partial charge in [0, 0.05) is 18.0 Å². The number of nitrogens with zero attached hydrogens (tertiary/aromatic N) is 5. The van der Waals surface area contributed by atoms with Gasteiger partial charge in [0.15, 0.2) is 0 Å². The van der Waals surface area contributed by atoms with Crippen molar-refractivity contribution in [2.24, 2.45) is 0 Å². The van der Waals surface area contributed by atoms with Crippen LogP contribution in [-0.2, 0) is 6.54 Å². The second-order valence-corrected chi connectivity index (χ2v) is 4.82. The first-order valence-electron chi connectivity index (χ1n) is 6.99. The molecule has 0 fully saturated rings. The van der Waals surface area contributed by atoms with Crippen molar-refractivity contribution in [3.8, 4) is 23.0 Å². The number of rotatable bonds is 6. The van der Waals surface area contributed by atoms with Crippen LogP contribution in [0.15, 0.2) is 48.9 Å². The zero-order chi connectivity index (χ0) is 16.1. The average molecular weight is 313 g/mol. The highest BCUT2D eigenvalue weighted by Crippen LogP contribution is 2.22. The predicted molar refractivity (Wildman–Crippen MR) is 80.7 cm³/mol. The topological polar surface area (TPSA) is 106 Å². The Labute approximate surface area is 132 Å². The summed E-state index contributed by atoms with van der Waals surface area (Å²) in [6, 6.07) is 9.25. The lowest BCUT2D eigenvalue weighted by Gasteiger charge is -2.05. The zero-order valence-corrected chi connectivity index (χ0v) is 12.1. The van der Waals surface area contributed by atoms with E-state index in [1.165, 1.54) is 4.68 Å². The van der Waals surface area contributed by atoms with E-state index in [1.54, 1.807) is 36.8 Å². The molecule has 0 radical (unpaired) electrons. The van der Waals surface area contributed by atoms with Crippen molar-refractivity contribution in [2.75, 3.05) is 6.61 Å². The van der Waals surface area contributed by atoms with Crippen LogP contribution in [0.4, 0.5) is 0 Å². The van der Waals surface area contributed by atoms with E-state index in [2.05, 4.69) is 20.3 Å². The van der Waals surface area contributed by atoms with E-state index < -0.39 is 6.10 Å². The van der Waals surface area contributed by atoms with Crippen molar-refractivity contribution < 1.29 is 14.9 Å². The molecule has 3 aromatic rings. The largest absolute Gasteiger partial charge is 0.424 e. The summed E-state index contributed by atoms with van der Waals surface area (Å²) in [7, 11) is 0. The molecule has 23 heavy (non-hydrogen) atoms. The molecule has 8 nitrogen and oxygen atoms in total. The molecule has 0 amide bonds. The van der Waals surface area contributed by atoms with Gasteiger partial charge >= 0.3 is 6.01 Å². The Morgan fingerprint density at radius 1 is 1.13 bits per heavy atom. The summed E-state index contributed by atoms with van der Waals surface area (Å²) < 4.78 is 7.00. The molecule has 3 rings (SSSR count). The first kappa shape index (κ1) is 15.1. The summed E-state index contributed by atoms with van der Waals surface area (Å²) in [4.78, 5) is 7.98. The number of aliphatic hydroxyl groups excluding tert-OH is 2. The minimum absolute atomic E-state index is 0.191.